The molecule has 2 aromatic heterocycles. The molecule has 4 aromatic rings. The largest absolute Gasteiger partial charge is 0.480 e. The van der Waals surface area contributed by atoms with E-state index in [1.807, 2.05) is 59.5 Å². The lowest BCUT2D eigenvalue weighted by Crippen LogP contribution is -2.53. The van der Waals surface area contributed by atoms with Crippen LogP contribution >= 0.6 is 0 Å². The van der Waals surface area contributed by atoms with E-state index < -0.39 is 18.2 Å². The molecule has 6 nitrogen and oxygen atoms in total. The summed E-state index contributed by atoms with van der Waals surface area (Å²) in [4.78, 5) is 22.1. The van der Waals surface area contributed by atoms with Crippen molar-refractivity contribution in [2.45, 2.75) is 24.7 Å². The van der Waals surface area contributed by atoms with Crippen LogP contribution in [0, 0.1) is 0 Å². The molecule has 3 atom stereocenters. The fourth-order valence-electron chi connectivity index (χ4n) is 4.89. The first kappa shape index (κ1) is 17.2. The van der Waals surface area contributed by atoms with Gasteiger partial charge in [0.25, 0.3) is 0 Å². The summed E-state index contributed by atoms with van der Waals surface area (Å²) in [7, 11) is 0. The van der Waals surface area contributed by atoms with E-state index in [-0.39, 0.29) is 6.04 Å². The number of ether oxygens (including phenoxy) is 1. The summed E-state index contributed by atoms with van der Waals surface area (Å²) in [5.41, 5.74) is 5.00. The minimum absolute atomic E-state index is 0.245. The highest BCUT2D eigenvalue weighted by molar-refractivity contribution is 5.87. The number of hydrogen-bond donors (Lipinski definition) is 2. The van der Waals surface area contributed by atoms with Crippen LogP contribution in [-0.4, -0.2) is 32.0 Å². The van der Waals surface area contributed by atoms with Gasteiger partial charge >= 0.3 is 5.97 Å². The fraction of sp³-hybridized carbons (Fsp3) is 0.167. The average molecular weight is 397 g/mol. The van der Waals surface area contributed by atoms with E-state index in [2.05, 4.69) is 16.0 Å². The second kappa shape index (κ2) is 6.43. The van der Waals surface area contributed by atoms with Crippen molar-refractivity contribution in [3.8, 4) is 5.75 Å². The van der Waals surface area contributed by atoms with Crippen molar-refractivity contribution >= 4 is 16.9 Å². The van der Waals surface area contributed by atoms with E-state index in [4.69, 9.17) is 4.74 Å². The van der Waals surface area contributed by atoms with Crippen molar-refractivity contribution in [3.05, 3.63) is 95.4 Å². The van der Waals surface area contributed by atoms with Gasteiger partial charge < -0.3 is 14.8 Å². The molecule has 6 rings (SSSR count). The normalized spacial score (nSPS) is 22.6. The fourth-order valence-corrected chi connectivity index (χ4v) is 4.89. The van der Waals surface area contributed by atoms with Crippen LogP contribution < -0.4 is 4.74 Å². The molecule has 0 aliphatic carbocycles. The standard InChI is InChI=1S/C24H19N3O3/c28-24(29)19-13-17-15-5-1-3-7-18(15)26-21(17)22-16-6-2-4-8-20(16)30-23(27(19)22)14-9-11-25-12-10-14/h1-12,19,22-23,26H,13H2,(H,28,29). The number of benzene rings is 2. The number of carboxylic acid groups (broad SMARTS) is 1. The molecule has 0 bridgehead atoms. The smallest absolute Gasteiger partial charge is 0.321 e. The molecule has 30 heavy (non-hydrogen) atoms. The van der Waals surface area contributed by atoms with Gasteiger partial charge in [0.2, 0.25) is 0 Å². The van der Waals surface area contributed by atoms with E-state index in [9.17, 15) is 9.90 Å². The highest BCUT2D eigenvalue weighted by atomic mass is 16.5. The summed E-state index contributed by atoms with van der Waals surface area (Å²) >= 11 is 0. The highest BCUT2D eigenvalue weighted by Gasteiger charge is 2.48. The van der Waals surface area contributed by atoms with Crippen molar-refractivity contribution in [3.63, 3.8) is 0 Å². The minimum atomic E-state index is -0.849. The summed E-state index contributed by atoms with van der Waals surface area (Å²) in [5, 5.41) is 11.3. The molecule has 6 heteroatoms. The Hall–Kier alpha value is -3.64. The Labute approximate surface area is 172 Å². The zero-order valence-corrected chi connectivity index (χ0v) is 16.0. The molecule has 0 saturated carbocycles. The summed E-state index contributed by atoms with van der Waals surface area (Å²) < 4.78 is 6.38. The number of hydrogen-bond acceptors (Lipinski definition) is 4. The monoisotopic (exact) mass is 397 g/mol. The zero-order chi connectivity index (χ0) is 20.2. The molecule has 4 heterocycles. The van der Waals surface area contributed by atoms with Gasteiger partial charge in [0.1, 0.15) is 11.8 Å². The van der Waals surface area contributed by atoms with Crippen molar-refractivity contribution in [2.75, 3.05) is 0 Å². The molecule has 2 aliphatic rings. The van der Waals surface area contributed by atoms with Crippen molar-refractivity contribution in [2.24, 2.45) is 0 Å². The third kappa shape index (κ3) is 2.40. The molecule has 2 N–H and O–H groups in total. The Bertz CT molecular complexity index is 1270. The van der Waals surface area contributed by atoms with Gasteiger partial charge in [-0.05, 0) is 29.8 Å². The van der Waals surface area contributed by atoms with E-state index in [0.29, 0.717) is 6.42 Å². The van der Waals surface area contributed by atoms with Gasteiger partial charge in [0.05, 0.1) is 6.04 Å². The van der Waals surface area contributed by atoms with Crippen LogP contribution in [0.4, 0.5) is 0 Å². The topological polar surface area (TPSA) is 78.4 Å². The minimum Gasteiger partial charge on any atom is -0.480 e. The van der Waals surface area contributed by atoms with Crippen LogP contribution in [0.15, 0.2) is 73.1 Å². The molecule has 2 aromatic carbocycles. The number of aromatic amines is 1. The van der Waals surface area contributed by atoms with Gasteiger partial charge in [-0.2, -0.15) is 0 Å². The number of nitrogens with zero attached hydrogens (tertiary/aromatic N) is 2. The maximum atomic E-state index is 12.4. The van der Waals surface area contributed by atoms with E-state index >= 15 is 0 Å². The summed E-state index contributed by atoms with van der Waals surface area (Å²) in [6.07, 6.45) is 3.32. The number of carboxylic acids is 1. The van der Waals surface area contributed by atoms with Gasteiger partial charge in [-0.1, -0.05) is 36.4 Å². The second-order valence-electron chi connectivity index (χ2n) is 7.76. The number of carbonyl (C=O) groups is 1. The van der Waals surface area contributed by atoms with Crippen LogP contribution in [-0.2, 0) is 11.2 Å². The van der Waals surface area contributed by atoms with Gasteiger partial charge in [-0.15, -0.1) is 0 Å². The Balaban J connectivity index is 1.64. The maximum absolute atomic E-state index is 12.4. The van der Waals surface area contributed by atoms with Crippen molar-refractivity contribution in [1.82, 2.24) is 14.9 Å². The van der Waals surface area contributed by atoms with Gasteiger partial charge in [0, 0.05) is 46.5 Å². The van der Waals surface area contributed by atoms with Gasteiger partial charge in [0.15, 0.2) is 6.23 Å². The Morgan fingerprint density at radius 1 is 1.07 bits per heavy atom. The van der Waals surface area contributed by atoms with Crippen LogP contribution in [0.2, 0.25) is 0 Å². The third-order valence-electron chi connectivity index (χ3n) is 6.17. The summed E-state index contributed by atoms with van der Waals surface area (Å²) in [5.74, 6) is -0.0748. The Morgan fingerprint density at radius 2 is 1.83 bits per heavy atom. The first-order chi connectivity index (χ1) is 14.7. The molecule has 0 radical (unpaired) electrons. The Morgan fingerprint density at radius 3 is 2.67 bits per heavy atom. The number of aromatic nitrogens is 2. The quantitative estimate of drug-likeness (QED) is 0.533. The second-order valence-corrected chi connectivity index (χ2v) is 7.76. The lowest BCUT2D eigenvalue weighted by atomic mass is 9.85. The number of pyridine rings is 1. The highest BCUT2D eigenvalue weighted by Crippen LogP contribution is 2.50. The Kier molecular flexibility index (Phi) is 3.70. The molecule has 0 fully saturated rings. The van der Waals surface area contributed by atoms with Crippen LogP contribution in [0.25, 0.3) is 10.9 Å². The van der Waals surface area contributed by atoms with E-state index in [1.165, 1.54) is 0 Å². The maximum Gasteiger partial charge on any atom is 0.321 e. The summed E-state index contributed by atoms with van der Waals surface area (Å²) in [6.45, 7) is 0. The number of fused-ring (bicyclic) bond motifs is 7. The van der Waals surface area contributed by atoms with E-state index in [1.54, 1.807) is 12.4 Å². The predicted octanol–water partition coefficient (Wildman–Crippen LogP) is 4.05. The van der Waals surface area contributed by atoms with Crippen LogP contribution in [0.1, 0.15) is 34.7 Å². The molecule has 2 aliphatic heterocycles. The van der Waals surface area contributed by atoms with Crippen LogP contribution in [0.5, 0.6) is 5.75 Å². The number of rotatable bonds is 2. The van der Waals surface area contributed by atoms with Gasteiger partial charge in [-0.3, -0.25) is 9.78 Å². The molecule has 148 valence electrons. The number of para-hydroxylation sites is 2. The molecule has 0 saturated heterocycles. The molecule has 0 spiro atoms. The predicted molar refractivity (Wildman–Crippen MR) is 111 cm³/mol. The molecular weight excluding hydrogens is 378 g/mol. The van der Waals surface area contributed by atoms with Crippen molar-refractivity contribution < 1.29 is 14.6 Å². The molecular formula is C24H19N3O3. The SMILES string of the molecule is O=C(O)C1Cc2c([nH]c3ccccc23)C2c3ccccc3OC(c3ccncc3)N12. The number of H-pyrrole nitrogens is 1. The average Bonchev–Trinajstić information content (AvgIpc) is 3.17. The molecule has 3 unspecified atom stereocenters. The zero-order valence-electron chi connectivity index (χ0n) is 16.0. The van der Waals surface area contributed by atoms with Gasteiger partial charge in [-0.25, -0.2) is 4.90 Å². The first-order valence-corrected chi connectivity index (χ1v) is 9.97. The lowest BCUT2D eigenvalue weighted by Gasteiger charge is -2.48. The number of nitrogens with one attached hydrogen (secondary N) is 1. The van der Waals surface area contributed by atoms with E-state index in [0.717, 1.165) is 39.0 Å². The molecule has 0 amide bonds. The lowest BCUT2D eigenvalue weighted by molar-refractivity contribution is -0.152. The van der Waals surface area contributed by atoms with Crippen molar-refractivity contribution in [1.29, 1.82) is 0 Å². The first-order valence-electron chi connectivity index (χ1n) is 9.97. The van der Waals surface area contributed by atoms with Crippen LogP contribution in [0.3, 0.4) is 0 Å². The number of aliphatic carboxylic acids is 1. The summed E-state index contributed by atoms with van der Waals surface area (Å²) in [6, 6.07) is 18.8. The third-order valence-corrected chi connectivity index (χ3v) is 6.17.